The Morgan fingerprint density at radius 2 is 2.43 bits per heavy atom. The highest BCUT2D eigenvalue weighted by molar-refractivity contribution is 7.15. The van der Waals surface area contributed by atoms with Gasteiger partial charge in [0, 0.05) is 0 Å². The van der Waals surface area contributed by atoms with Crippen LogP contribution in [0.1, 0.15) is 10.8 Å². The summed E-state index contributed by atoms with van der Waals surface area (Å²) in [4.78, 5) is 3.75. The van der Waals surface area contributed by atoms with E-state index in [1.807, 2.05) is 6.07 Å². The molecule has 0 aliphatic rings. The van der Waals surface area contributed by atoms with Gasteiger partial charge >= 0.3 is 0 Å². The molecule has 0 saturated carbocycles. The molecule has 0 unspecified atom stereocenters. The summed E-state index contributed by atoms with van der Waals surface area (Å²) in [5, 5.41) is 21.0. The van der Waals surface area contributed by atoms with E-state index in [2.05, 4.69) is 20.3 Å². The zero-order valence-corrected chi connectivity index (χ0v) is 7.77. The van der Waals surface area contributed by atoms with Crippen molar-refractivity contribution in [2.45, 2.75) is 6.54 Å². The maximum Gasteiger partial charge on any atom is 0.252 e. The Balaban J connectivity index is 2.15. The van der Waals surface area contributed by atoms with Crippen LogP contribution in [-0.4, -0.2) is 25.0 Å². The third kappa shape index (κ3) is 1.67. The summed E-state index contributed by atoms with van der Waals surface area (Å²) < 4.78 is 1.51. The molecule has 0 saturated heterocycles. The van der Waals surface area contributed by atoms with Gasteiger partial charge in [0.1, 0.15) is 17.4 Å². The van der Waals surface area contributed by atoms with E-state index in [1.165, 1.54) is 22.3 Å². The lowest BCUT2D eigenvalue weighted by molar-refractivity contribution is 0.673. The van der Waals surface area contributed by atoms with E-state index in [9.17, 15) is 0 Å². The molecule has 0 aliphatic carbocycles. The summed E-state index contributed by atoms with van der Waals surface area (Å²) in [5.74, 6) is 0.141. The molecule has 0 fully saturated rings. The Kier molecular flexibility index (Phi) is 2.08. The lowest BCUT2D eigenvalue weighted by atomic mass is 10.7. The molecule has 14 heavy (non-hydrogen) atoms. The maximum atomic E-state index is 8.49. The van der Waals surface area contributed by atoms with Crippen LogP contribution in [0.5, 0.6) is 0 Å². The van der Waals surface area contributed by atoms with Crippen molar-refractivity contribution in [3.05, 3.63) is 17.2 Å². The van der Waals surface area contributed by atoms with Gasteiger partial charge in [0.2, 0.25) is 5.13 Å². The molecule has 2 rings (SSSR count). The van der Waals surface area contributed by atoms with Crippen molar-refractivity contribution in [1.82, 2.24) is 25.0 Å². The summed E-state index contributed by atoms with van der Waals surface area (Å²) in [6.07, 6.45) is 1.47. The van der Waals surface area contributed by atoms with E-state index in [1.54, 1.807) is 0 Å². The van der Waals surface area contributed by atoms with Crippen LogP contribution in [0.15, 0.2) is 6.33 Å². The fraction of sp³-hybridized carbons (Fsp3) is 0.167. The number of hydrogen-bond acceptors (Lipinski definition) is 7. The molecule has 0 bridgehead atoms. The van der Waals surface area contributed by atoms with Crippen LogP contribution in [0.3, 0.4) is 0 Å². The van der Waals surface area contributed by atoms with Crippen LogP contribution < -0.4 is 5.73 Å². The lowest BCUT2D eigenvalue weighted by Gasteiger charge is -1.92. The molecule has 7 nitrogen and oxygen atoms in total. The van der Waals surface area contributed by atoms with Gasteiger partial charge in [0.15, 0.2) is 0 Å². The third-order valence-electron chi connectivity index (χ3n) is 1.42. The highest BCUT2D eigenvalue weighted by Gasteiger charge is 2.04. The van der Waals surface area contributed by atoms with Gasteiger partial charge < -0.3 is 5.73 Å². The predicted molar refractivity (Wildman–Crippen MR) is 48.2 cm³/mol. The Morgan fingerprint density at radius 1 is 1.57 bits per heavy atom. The average Bonchev–Trinajstić information content (AvgIpc) is 2.76. The van der Waals surface area contributed by atoms with Gasteiger partial charge in [0.05, 0.1) is 6.54 Å². The Morgan fingerprint density at radius 3 is 3.00 bits per heavy atom. The van der Waals surface area contributed by atoms with Gasteiger partial charge in [-0.25, -0.2) is 9.67 Å². The minimum Gasteiger partial charge on any atom is -0.374 e. The molecule has 2 aromatic rings. The molecule has 0 aliphatic heterocycles. The second kappa shape index (κ2) is 3.39. The number of nitrogens with two attached hydrogens (primary N) is 1. The second-order valence-electron chi connectivity index (χ2n) is 2.41. The third-order valence-corrected chi connectivity index (χ3v) is 2.15. The number of nitrogens with zero attached hydrogens (tertiary/aromatic N) is 6. The van der Waals surface area contributed by atoms with Crippen molar-refractivity contribution in [3.8, 4) is 6.07 Å². The largest absolute Gasteiger partial charge is 0.374 e. The highest BCUT2D eigenvalue weighted by atomic mass is 32.1. The van der Waals surface area contributed by atoms with Gasteiger partial charge in [-0.05, 0) is 0 Å². The van der Waals surface area contributed by atoms with Crippen LogP contribution in [0.4, 0.5) is 5.13 Å². The van der Waals surface area contributed by atoms with Gasteiger partial charge in [-0.1, -0.05) is 11.3 Å². The van der Waals surface area contributed by atoms with Gasteiger partial charge in [0.25, 0.3) is 5.82 Å². The molecule has 0 radical (unpaired) electrons. The van der Waals surface area contributed by atoms with Crippen molar-refractivity contribution in [2.75, 3.05) is 5.73 Å². The molecular weight excluding hydrogens is 202 g/mol. The number of anilines is 1. The van der Waals surface area contributed by atoms with Crippen LogP contribution >= 0.6 is 11.3 Å². The van der Waals surface area contributed by atoms with Crippen molar-refractivity contribution >= 4 is 16.5 Å². The van der Waals surface area contributed by atoms with Crippen LogP contribution in [0.2, 0.25) is 0 Å². The first-order chi connectivity index (χ1) is 6.78. The summed E-state index contributed by atoms with van der Waals surface area (Å²) in [7, 11) is 0. The van der Waals surface area contributed by atoms with Crippen LogP contribution in [0, 0.1) is 11.3 Å². The summed E-state index contributed by atoms with van der Waals surface area (Å²) >= 11 is 1.28. The quantitative estimate of drug-likeness (QED) is 0.720. The van der Waals surface area contributed by atoms with Gasteiger partial charge in [-0.2, -0.15) is 5.26 Å². The monoisotopic (exact) mass is 207 g/mol. The molecule has 2 N–H and O–H groups in total. The second-order valence-corrected chi connectivity index (χ2v) is 3.51. The average molecular weight is 207 g/mol. The summed E-state index contributed by atoms with van der Waals surface area (Å²) in [6.45, 7) is 0.434. The van der Waals surface area contributed by atoms with E-state index < -0.39 is 0 Å². The van der Waals surface area contributed by atoms with Crippen molar-refractivity contribution < 1.29 is 0 Å². The highest BCUT2D eigenvalue weighted by Crippen LogP contribution is 2.11. The normalized spacial score (nSPS) is 9.93. The fourth-order valence-electron chi connectivity index (χ4n) is 0.891. The Bertz CT molecular complexity index is 478. The number of hydrogen-bond donors (Lipinski definition) is 1. The lowest BCUT2D eigenvalue weighted by Crippen LogP contribution is -2.00. The molecule has 0 aromatic carbocycles. The van der Waals surface area contributed by atoms with Crippen molar-refractivity contribution in [1.29, 1.82) is 5.26 Å². The minimum atomic E-state index is 0.141. The molecule has 0 spiro atoms. The van der Waals surface area contributed by atoms with Gasteiger partial charge in [-0.3, -0.25) is 0 Å². The standard InChI is InChI=1S/C6H5N7S/c7-1-4-9-3-13(12-4)2-5-10-11-6(8)14-5/h3H,2H2,(H2,8,11). The Hall–Kier alpha value is -2.01. The predicted octanol–water partition coefficient (Wildman–Crippen LogP) is -0.368. The molecule has 0 amide bonds. The zero-order chi connectivity index (χ0) is 9.97. The molecule has 2 heterocycles. The van der Waals surface area contributed by atoms with E-state index in [0.717, 1.165) is 5.01 Å². The van der Waals surface area contributed by atoms with Crippen LogP contribution in [-0.2, 0) is 6.54 Å². The molecule has 8 heteroatoms. The molecule has 0 atom stereocenters. The Labute approximate surface area is 82.8 Å². The maximum absolute atomic E-state index is 8.49. The molecule has 70 valence electrons. The van der Waals surface area contributed by atoms with E-state index in [4.69, 9.17) is 11.0 Å². The first-order valence-corrected chi connectivity index (χ1v) is 4.47. The molecule has 2 aromatic heterocycles. The fourth-order valence-corrected chi connectivity index (χ4v) is 1.49. The molecular formula is C6H5N7S. The number of rotatable bonds is 2. The van der Waals surface area contributed by atoms with Crippen molar-refractivity contribution in [2.24, 2.45) is 0 Å². The smallest absolute Gasteiger partial charge is 0.252 e. The SMILES string of the molecule is N#Cc1ncn(Cc2nnc(N)s2)n1. The first kappa shape index (κ1) is 8.58. The summed E-state index contributed by atoms with van der Waals surface area (Å²) in [6, 6.07) is 1.84. The van der Waals surface area contributed by atoms with Crippen molar-refractivity contribution in [3.63, 3.8) is 0 Å². The topological polar surface area (TPSA) is 106 Å². The van der Waals surface area contributed by atoms with E-state index in [-0.39, 0.29) is 5.82 Å². The summed E-state index contributed by atoms with van der Waals surface area (Å²) in [5.41, 5.74) is 5.41. The van der Waals surface area contributed by atoms with Crippen LogP contribution in [0.25, 0.3) is 0 Å². The van der Waals surface area contributed by atoms with E-state index >= 15 is 0 Å². The van der Waals surface area contributed by atoms with Gasteiger partial charge in [-0.15, -0.1) is 15.3 Å². The minimum absolute atomic E-state index is 0.141. The van der Waals surface area contributed by atoms with E-state index in [0.29, 0.717) is 11.7 Å². The number of aromatic nitrogens is 5. The zero-order valence-electron chi connectivity index (χ0n) is 6.95. The number of nitriles is 1. The first-order valence-electron chi connectivity index (χ1n) is 3.65. The number of nitrogen functional groups attached to an aromatic ring is 1.